The molecule has 1 heterocycles. The first-order valence-corrected chi connectivity index (χ1v) is 7.68. The lowest BCUT2D eigenvalue weighted by atomic mass is 9.87. The summed E-state index contributed by atoms with van der Waals surface area (Å²) in [4.78, 5) is 19.8. The van der Waals surface area contributed by atoms with Crippen LogP contribution in [0.25, 0.3) is 0 Å². The average molecular weight is 272 g/mol. The molecule has 0 saturated heterocycles. The van der Waals surface area contributed by atoms with Crippen molar-refractivity contribution in [2.75, 3.05) is 0 Å². The van der Waals surface area contributed by atoms with Crippen molar-refractivity contribution in [3.63, 3.8) is 0 Å². The minimum atomic E-state index is -0.316. The van der Waals surface area contributed by atoms with Gasteiger partial charge in [-0.3, -0.25) is 0 Å². The van der Waals surface area contributed by atoms with E-state index in [9.17, 15) is 4.79 Å². The smallest absolute Gasteiger partial charge is 0.244 e. The minimum Gasteiger partial charge on any atom is -0.244 e. The molecule has 98 valence electrons. The van der Waals surface area contributed by atoms with Crippen molar-refractivity contribution in [3.8, 4) is 0 Å². The maximum Gasteiger partial charge on any atom is 0.367 e. The summed E-state index contributed by atoms with van der Waals surface area (Å²) >= 11 is 1.69. The normalized spacial score (nSPS) is 22.5. The fourth-order valence-corrected chi connectivity index (χ4v) is 3.68. The molecule has 2 aliphatic rings. The zero-order valence-corrected chi connectivity index (χ0v) is 11.5. The Bertz CT molecular complexity index is 536. The van der Waals surface area contributed by atoms with Crippen molar-refractivity contribution in [1.82, 2.24) is 0 Å². The zero-order valence-electron chi connectivity index (χ0n) is 10.7. The summed E-state index contributed by atoms with van der Waals surface area (Å²) in [5.41, 5.74) is 2.32. The molecule has 1 saturated carbocycles. The molecule has 1 atom stereocenters. The van der Waals surface area contributed by atoms with Crippen LogP contribution >= 0.6 is 11.8 Å². The molecule has 2 amide bonds. The van der Waals surface area contributed by atoms with E-state index in [1.54, 1.807) is 11.8 Å². The predicted molar refractivity (Wildman–Crippen MR) is 80.0 cm³/mol. The number of carbonyl (C=O) groups excluding carboxylic acids is 1. The van der Waals surface area contributed by atoms with Gasteiger partial charge in [-0.2, -0.15) is 4.99 Å². The number of nitrogens with zero attached hydrogens (tertiary/aromatic N) is 2. The van der Waals surface area contributed by atoms with Gasteiger partial charge in [-0.15, -0.1) is 11.8 Å². The first-order valence-electron chi connectivity index (χ1n) is 6.69. The Morgan fingerprint density at radius 1 is 1.16 bits per heavy atom. The summed E-state index contributed by atoms with van der Waals surface area (Å²) in [5.74, 6) is 1.18. The predicted octanol–water partition coefficient (Wildman–Crippen LogP) is 4.08. The summed E-state index contributed by atoms with van der Waals surface area (Å²) in [6.45, 7) is 0. The van der Waals surface area contributed by atoms with E-state index >= 15 is 0 Å². The SMILES string of the molecule is O=C1N=C2CCCCC2C(SCc2ccccc2)=N1. The third kappa shape index (κ3) is 2.95. The zero-order chi connectivity index (χ0) is 13.1. The summed E-state index contributed by atoms with van der Waals surface area (Å²) < 4.78 is 0. The standard InChI is InChI=1S/C15H16N2OS/c18-15-16-13-9-5-4-8-12(13)14(17-15)19-10-11-6-2-1-3-7-11/h1-3,6-7,12H,4-5,8-10H2. The van der Waals surface area contributed by atoms with Crippen LogP contribution < -0.4 is 0 Å². The van der Waals surface area contributed by atoms with Crippen molar-refractivity contribution >= 4 is 28.5 Å². The molecular formula is C15H16N2OS. The van der Waals surface area contributed by atoms with Gasteiger partial charge in [-0.05, 0) is 24.8 Å². The largest absolute Gasteiger partial charge is 0.367 e. The lowest BCUT2D eigenvalue weighted by molar-refractivity contribution is 0.256. The van der Waals surface area contributed by atoms with Crippen LogP contribution in [0.2, 0.25) is 0 Å². The first-order chi connectivity index (χ1) is 9.33. The van der Waals surface area contributed by atoms with Crippen molar-refractivity contribution < 1.29 is 4.79 Å². The molecule has 0 aromatic heterocycles. The van der Waals surface area contributed by atoms with Gasteiger partial charge in [0, 0.05) is 17.4 Å². The van der Waals surface area contributed by atoms with Gasteiger partial charge < -0.3 is 0 Å². The fourth-order valence-electron chi connectivity index (χ4n) is 2.58. The topological polar surface area (TPSA) is 41.8 Å². The number of carbonyl (C=O) groups is 1. The second kappa shape index (κ2) is 5.70. The van der Waals surface area contributed by atoms with E-state index in [2.05, 4.69) is 22.1 Å². The van der Waals surface area contributed by atoms with Crippen molar-refractivity contribution in [3.05, 3.63) is 35.9 Å². The highest BCUT2D eigenvalue weighted by Gasteiger charge is 2.30. The summed E-state index contributed by atoms with van der Waals surface area (Å²) in [6, 6.07) is 9.99. The van der Waals surface area contributed by atoms with Crippen LogP contribution in [0.15, 0.2) is 40.3 Å². The molecule has 0 N–H and O–H groups in total. The number of hydrogen-bond acceptors (Lipinski definition) is 2. The van der Waals surface area contributed by atoms with Gasteiger partial charge in [-0.1, -0.05) is 36.8 Å². The molecule has 1 aliphatic carbocycles. The molecule has 1 aliphatic heterocycles. The molecule has 3 nitrogen and oxygen atoms in total. The lowest BCUT2D eigenvalue weighted by Crippen LogP contribution is -2.30. The number of hydrogen-bond donors (Lipinski definition) is 0. The Hall–Kier alpha value is -1.42. The van der Waals surface area contributed by atoms with Crippen LogP contribution in [0.5, 0.6) is 0 Å². The van der Waals surface area contributed by atoms with Gasteiger partial charge >= 0.3 is 6.03 Å². The fraction of sp³-hybridized carbons (Fsp3) is 0.400. The average Bonchev–Trinajstić information content (AvgIpc) is 2.45. The van der Waals surface area contributed by atoms with E-state index in [4.69, 9.17) is 0 Å². The highest BCUT2D eigenvalue weighted by atomic mass is 32.2. The maximum atomic E-state index is 11.6. The number of rotatable bonds is 2. The van der Waals surface area contributed by atoms with E-state index in [-0.39, 0.29) is 6.03 Å². The van der Waals surface area contributed by atoms with Crippen LogP contribution in [0.4, 0.5) is 4.79 Å². The molecule has 4 heteroatoms. The number of aliphatic imine (C=N–C) groups is 2. The minimum absolute atomic E-state index is 0.306. The summed E-state index contributed by atoms with van der Waals surface area (Å²) in [5, 5.41) is 0.971. The maximum absolute atomic E-state index is 11.6. The molecule has 0 spiro atoms. The molecule has 0 radical (unpaired) electrons. The number of amides is 2. The number of thioether (sulfide) groups is 1. The van der Waals surface area contributed by atoms with Crippen molar-refractivity contribution in [2.45, 2.75) is 31.4 Å². The van der Waals surface area contributed by atoms with Crippen molar-refractivity contribution in [1.29, 1.82) is 0 Å². The quantitative estimate of drug-likeness (QED) is 0.814. The Kier molecular flexibility index (Phi) is 3.78. The third-order valence-electron chi connectivity index (χ3n) is 3.55. The van der Waals surface area contributed by atoms with Crippen LogP contribution in [0.3, 0.4) is 0 Å². The molecule has 1 aromatic rings. The van der Waals surface area contributed by atoms with Gasteiger partial charge in [-0.25, -0.2) is 9.79 Å². The Morgan fingerprint density at radius 3 is 2.84 bits per heavy atom. The molecule has 1 unspecified atom stereocenters. The van der Waals surface area contributed by atoms with Crippen LogP contribution in [-0.2, 0) is 5.75 Å². The van der Waals surface area contributed by atoms with Crippen LogP contribution in [-0.4, -0.2) is 16.8 Å². The van der Waals surface area contributed by atoms with E-state index in [1.165, 1.54) is 12.0 Å². The highest BCUT2D eigenvalue weighted by molar-refractivity contribution is 8.13. The Morgan fingerprint density at radius 2 is 2.00 bits per heavy atom. The van der Waals surface area contributed by atoms with E-state index in [0.717, 1.165) is 35.8 Å². The van der Waals surface area contributed by atoms with Gasteiger partial charge in [0.25, 0.3) is 0 Å². The number of urea groups is 1. The van der Waals surface area contributed by atoms with Gasteiger partial charge in [0.2, 0.25) is 0 Å². The second-order valence-corrected chi connectivity index (χ2v) is 5.90. The van der Waals surface area contributed by atoms with E-state index in [0.29, 0.717) is 5.92 Å². The number of benzene rings is 1. The Balaban J connectivity index is 1.71. The third-order valence-corrected chi connectivity index (χ3v) is 4.70. The van der Waals surface area contributed by atoms with Gasteiger partial charge in [0.05, 0.1) is 5.04 Å². The van der Waals surface area contributed by atoms with Crippen molar-refractivity contribution in [2.24, 2.45) is 15.9 Å². The van der Waals surface area contributed by atoms with E-state index < -0.39 is 0 Å². The monoisotopic (exact) mass is 272 g/mol. The summed E-state index contributed by atoms with van der Waals surface area (Å²) in [6.07, 6.45) is 4.41. The van der Waals surface area contributed by atoms with Crippen LogP contribution in [0.1, 0.15) is 31.2 Å². The molecule has 1 fully saturated rings. The second-order valence-electron chi connectivity index (χ2n) is 4.91. The first kappa shape index (κ1) is 12.6. The van der Waals surface area contributed by atoms with E-state index in [1.807, 2.05) is 18.2 Å². The summed E-state index contributed by atoms with van der Waals surface area (Å²) in [7, 11) is 0. The molecule has 19 heavy (non-hydrogen) atoms. The van der Waals surface area contributed by atoms with Gasteiger partial charge in [0.1, 0.15) is 0 Å². The Labute approximate surface area is 117 Å². The lowest BCUT2D eigenvalue weighted by Gasteiger charge is -2.27. The number of fused-ring (bicyclic) bond motifs is 1. The molecular weight excluding hydrogens is 256 g/mol. The molecule has 3 rings (SSSR count). The van der Waals surface area contributed by atoms with Gasteiger partial charge in [0.15, 0.2) is 0 Å². The molecule has 1 aromatic carbocycles. The van der Waals surface area contributed by atoms with Crippen LogP contribution in [0, 0.1) is 5.92 Å². The molecule has 0 bridgehead atoms. The highest BCUT2D eigenvalue weighted by Crippen LogP contribution is 2.31.